The molecule has 0 saturated heterocycles. The molecule has 10 heteroatoms. The number of rotatable bonds is 7. The number of ketones is 1. The van der Waals surface area contributed by atoms with E-state index >= 15 is 0 Å². The molecular formula is C28H26Cl2F3N3O2. The molecule has 0 fully saturated rings. The molecule has 0 aliphatic rings. The van der Waals surface area contributed by atoms with Gasteiger partial charge in [0.15, 0.2) is 5.78 Å². The monoisotopic (exact) mass is 563 g/mol. The molecular weight excluding hydrogens is 538 g/mol. The maximum absolute atomic E-state index is 13.2. The minimum Gasteiger partial charge on any atom is -0.404 e. The van der Waals surface area contributed by atoms with Crippen molar-refractivity contribution in [1.29, 1.82) is 0 Å². The summed E-state index contributed by atoms with van der Waals surface area (Å²) < 4.78 is 39.6. The number of allylic oxidation sites excluding steroid dienone is 1. The van der Waals surface area contributed by atoms with Gasteiger partial charge in [0.1, 0.15) is 0 Å². The summed E-state index contributed by atoms with van der Waals surface area (Å²) >= 11 is 11.9. The lowest BCUT2D eigenvalue weighted by Crippen LogP contribution is -2.16. The number of Topliss-reactive ketones (excluding diaryl/α,β-unsaturated/α-hetero) is 1. The zero-order valence-electron chi connectivity index (χ0n) is 20.9. The van der Waals surface area contributed by atoms with Crippen LogP contribution in [0.2, 0.25) is 5.02 Å². The number of nitrogens with zero attached hydrogens (tertiary/aromatic N) is 1. The first-order valence-corrected chi connectivity index (χ1v) is 12.4. The van der Waals surface area contributed by atoms with Gasteiger partial charge in [0.05, 0.1) is 22.5 Å². The average molecular weight is 564 g/mol. The molecule has 0 saturated carbocycles. The summed E-state index contributed by atoms with van der Waals surface area (Å²) in [5.74, 6) is -0.900. The van der Waals surface area contributed by atoms with Crippen LogP contribution in [0.25, 0.3) is 0 Å². The Hall–Kier alpha value is -3.62. The fourth-order valence-corrected chi connectivity index (χ4v) is 3.61. The molecule has 0 aliphatic heterocycles. The number of anilines is 1. The van der Waals surface area contributed by atoms with Gasteiger partial charge in [-0.2, -0.15) is 13.2 Å². The van der Waals surface area contributed by atoms with E-state index in [4.69, 9.17) is 28.9 Å². The van der Waals surface area contributed by atoms with Crippen LogP contribution >= 0.6 is 23.2 Å². The second kappa shape index (κ2) is 13.8. The van der Waals surface area contributed by atoms with E-state index < -0.39 is 23.4 Å². The molecule has 3 rings (SSSR count). The number of hydrogen-bond donors (Lipinski definition) is 2. The molecule has 0 bridgehead atoms. The largest absolute Gasteiger partial charge is 0.416 e. The highest BCUT2D eigenvalue weighted by Crippen LogP contribution is 2.34. The number of carbonyl (C=O) groups is 2. The first-order valence-electron chi connectivity index (χ1n) is 11.5. The highest BCUT2D eigenvalue weighted by atomic mass is 35.5. The topological polar surface area (TPSA) is 84.5 Å². The fourth-order valence-electron chi connectivity index (χ4n) is 3.28. The Kier molecular flexibility index (Phi) is 11.1. The normalized spacial score (nSPS) is 11.6. The highest BCUT2D eigenvalue weighted by molar-refractivity contribution is 6.32. The zero-order chi connectivity index (χ0) is 28.5. The number of aryl methyl sites for hydroxylation is 1. The van der Waals surface area contributed by atoms with Crippen molar-refractivity contribution in [2.45, 2.75) is 32.8 Å². The Labute approximate surface area is 229 Å². The first kappa shape index (κ1) is 30.6. The quantitative estimate of drug-likeness (QED) is 0.132. The van der Waals surface area contributed by atoms with Crippen LogP contribution in [0, 0.1) is 6.92 Å². The van der Waals surface area contributed by atoms with Crippen LogP contribution in [0.3, 0.4) is 0 Å². The molecule has 0 heterocycles. The number of aliphatic imine (C=N–C) groups is 1. The number of nitrogens with one attached hydrogen (secondary N) is 1. The van der Waals surface area contributed by atoms with Gasteiger partial charge < -0.3 is 11.1 Å². The van der Waals surface area contributed by atoms with Gasteiger partial charge in [-0.3, -0.25) is 14.6 Å². The van der Waals surface area contributed by atoms with Gasteiger partial charge in [0, 0.05) is 34.4 Å². The molecule has 0 aromatic heterocycles. The van der Waals surface area contributed by atoms with Crippen LogP contribution in [0.5, 0.6) is 0 Å². The third-order valence-electron chi connectivity index (χ3n) is 5.14. The average Bonchev–Trinajstić information content (AvgIpc) is 2.91. The number of carbonyl (C=O) groups excluding carboxylic acids is 2. The number of nitrogens with two attached hydrogens (primary N) is 1. The molecule has 0 unspecified atom stereocenters. The SMILES string of the molecule is CC.Cc1ccc(N=C/C(=C\N)C(=O)c2cc(Cl)ccc2NC(=O)c2cccc(CCl)c2)cc1C(F)(F)F. The maximum atomic E-state index is 13.2. The third kappa shape index (κ3) is 7.94. The predicted molar refractivity (Wildman–Crippen MR) is 148 cm³/mol. The summed E-state index contributed by atoms with van der Waals surface area (Å²) in [5, 5.41) is 2.89. The molecule has 0 aliphatic carbocycles. The summed E-state index contributed by atoms with van der Waals surface area (Å²) in [6.07, 6.45) is -2.51. The summed E-state index contributed by atoms with van der Waals surface area (Å²) in [6.45, 7) is 5.34. The van der Waals surface area contributed by atoms with E-state index in [1.54, 1.807) is 24.3 Å². The zero-order valence-corrected chi connectivity index (χ0v) is 22.4. The van der Waals surface area contributed by atoms with Crippen molar-refractivity contribution < 1.29 is 22.8 Å². The number of alkyl halides is 4. The van der Waals surface area contributed by atoms with Crippen LogP contribution in [-0.4, -0.2) is 17.9 Å². The van der Waals surface area contributed by atoms with Crippen molar-refractivity contribution in [2.24, 2.45) is 10.7 Å². The van der Waals surface area contributed by atoms with Crippen LogP contribution in [0.1, 0.15) is 51.3 Å². The first-order chi connectivity index (χ1) is 18.0. The summed E-state index contributed by atoms with van der Waals surface area (Å²) in [5.41, 5.74) is 5.95. The fraction of sp³-hybridized carbons (Fsp3) is 0.179. The molecule has 1 amide bonds. The highest BCUT2D eigenvalue weighted by Gasteiger charge is 2.32. The Bertz CT molecular complexity index is 1370. The van der Waals surface area contributed by atoms with Gasteiger partial charge >= 0.3 is 6.18 Å². The van der Waals surface area contributed by atoms with E-state index in [1.807, 2.05) is 13.8 Å². The summed E-state index contributed by atoms with van der Waals surface area (Å²) in [7, 11) is 0. The van der Waals surface area contributed by atoms with Gasteiger partial charge in [0.2, 0.25) is 0 Å². The predicted octanol–water partition coefficient (Wildman–Crippen LogP) is 8.11. The number of benzene rings is 3. The second-order valence-corrected chi connectivity index (χ2v) is 8.39. The molecule has 0 atom stereocenters. The Morgan fingerprint density at radius 3 is 2.39 bits per heavy atom. The lowest BCUT2D eigenvalue weighted by molar-refractivity contribution is -0.138. The lowest BCUT2D eigenvalue weighted by Gasteiger charge is -2.12. The third-order valence-corrected chi connectivity index (χ3v) is 5.68. The van der Waals surface area contributed by atoms with Crippen molar-refractivity contribution in [3.63, 3.8) is 0 Å². The molecule has 0 radical (unpaired) electrons. The Balaban J connectivity index is 0.00000247. The number of amides is 1. The van der Waals surface area contributed by atoms with E-state index in [0.29, 0.717) is 5.56 Å². The van der Waals surface area contributed by atoms with Crippen molar-refractivity contribution in [1.82, 2.24) is 0 Å². The minimum absolute atomic E-state index is 0.0149. The number of hydrogen-bond acceptors (Lipinski definition) is 4. The van der Waals surface area contributed by atoms with Crippen molar-refractivity contribution >= 4 is 52.5 Å². The van der Waals surface area contributed by atoms with Crippen LogP contribution in [0.15, 0.2) is 77.4 Å². The van der Waals surface area contributed by atoms with E-state index in [2.05, 4.69) is 10.3 Å². The molecule has 3 aromatic rings. The van der Waals surface area contributed by atoms with Gasteiger partial charge in [-0.05, 0) is 60.5 Å². The van der Waals surface area contributed by atoms with Crippen molar-refractivity contribution in [2.75, 3.05) is 5.32 Å². The molecule has 38 heavy (non-hydrogen) atoms. The molecule has 3 aromatic carbocycles. The van der Waals surface area contributed by atoms with Gasteiger partial charge in [-0.1, -0.05) is 43.6 Å². The lowest BCUT2D eigenvalue weighted by atomic mass is 10.0. The van der Waals surface area contributed by atoms with Crippen molar-refractivity contribution in [3.8, 4) is 0 Å². The van der Waals surface area contributed by atoms with E-state index in [-0.39, 0.29) is 39.0 Å². The van der Waals surface area contributed by atoms with E-state index in [9.17, 15) is 22.8 Å². The minimum atomic E-state index is -4.55. The summed E-state index contributed by atoms with van der Waals surface area (Å²) in [6, 6.07) is 14.5. The van der Waals surface area contributed by atoms with Gasteiger partial charge in [-0.15, -0.1) is 11.6 Å². The number of halogens is 5. The summed E-state index contributed by atoms with van der Waals surface area (Å²) in [4.78, 5) is 30.0. The van der Waals surface area contributed by atoms with Crippen LogP contribution in [0.4, 0.5) is 24.5 Å². The van der Waals surface area contributed by atoms with Crippen LogP contribution in [-0.2, 0) is 12.1 Å². The smallest absolute Gasteiger partial charge is 0.404 e. The molecule has 3 N–H and O–H groups in total. The van der Waals surface area contributed by atoms with Gasteiger partial charge in [-0.25, -0.2) is 0 Å². The van der Waals surface area contributed by atoms with Crippen LogP contribution < -0.4 is 11.1 Å². The van der Waals surface area contributed by atoms with Gasteiger partial charge in [0.25, 0.3) is 5.91 Å². The van der Waals surface area contributed by atoms with E-state index in [0.717, 1.165) is 24.0 Å². The maximum Gasteiger partial charge on any atom is 0.416 e. The second-order valence-electron chi connectivity index (χ2n) is 7.68. The standard InChI is InChI=1S/C26H20Cl2F3N3O2.C2H6/c1-15-5-7-20(11-22(15)26(29,30)31)33-14-18(13-32)24(35)21-10-19(28)6-8-23(21)34-25(36)17-4-2-3-16(9-17)12-27;1-2/h2-11,13-14H,12,32H2,1H3,(H,34,36);1-2H3/b18-13+,33-14?;. The molecule has 200 valence electrons. The van der Waals surface area contributed by atoms with Crippen molar-refractivity contribution in [3.05, 3.63) is 105 Å². The Morgan fingerprint density at radius 1 is 1.05 bits per heavy atom. The van der Waals surface area contributed by atoms with E-state index in [1.165, 1.54) is 37.3 Å². The Morgan fingerprint density at radius 2 is 1.76 bits per heavy atom. The molecule has 5 nitrogen and oxygen atoms in total. The molecule has 0 spiro atoms.